The molecule has 140 valence electrons. The first-order valence-electron chi connectivity index (χ1n) is 8.73. The molecule has 1 fully saturated rings. The van der Waals surface area contributed by atoms with Gasteiger partial charge in [0.25, 0.3) is 5.91 Å². The smallest absolute Gasteiger partial charge is 0.258 e. The third kappa shape index (κ3) is 4.05. The Labute approximate surface area is 165 Å². The van der Waals surface area contributed by atoms with Gasteiger partial charge in [0.05, 0.1) is 33.7 Å². The van der Waals surface area contributed by atoms with E-state index < -0.39 is 0 Å². The van der Waals surface area contributed by atoms with Crippen LogP contribution in [-0.4, -0.2) is 33.2 Å². The minimum absolute atomic E-state index is 0.0138. The Hall–Kier alpha value is -2.22. The maximum absolute atomic E-state index is 12.8. The Morgan fingerprint density at radius 1 is 1.30 bits per heavy atom. The lowest BCUT2D eigenvalue weighted by Crippen LogP contribution is -2.27. The lowest BCUT2D eigenvalue weighted by atomic mass is 9.95. The molecule has 1 aromatic carbocycles. The van der Waals surface area contributed by atoms with Gasteiger partial charge in [0.15, 0.2) is 0 Å². The van der Waals surface area contributed by atoms with E-state index in [0.29, 0.717) is 27.5 Å². The van der Waals surface area contributed by atoms with Crippen molar-refractivity contribution in [2.45, 2.75) is 37.9 Å². The number of aliphatic hydroxyl groups excluding tert-OH is 1. The monoisotopic (exact) mass is 403 g/mol. The molecule has 1 amide bonds. The van der Waals surface area contributed by atoms with Crippen molar-refractivity contribution in [2.75, 3.05) is 5.32 Å². The van der Waals surface area contributed by atoms with E-state index in [0.717, 1.165) is 30.4 Å². The van der Waals surface area contributed by atoms with Gasteiger partial charge in [0, 0.05) is 16.6 Å². The normalized spacial score (nSPS) is 19.8. The molecule has 0 unspecified atom stereocenters. The third-order valence-corrected chi connectivity index (χ3v) is 5.75. The van der Waals surface area contributed by atoms with Crippen molar-refractivity contribution in [3.8, 4) is 5.75 Å². The molecule has 4 rings (SSSR count). The average Bonchev–Trinajstić information content (AvgIpc) is 3.10. The highest BCUT2D eigenvalue weighted by molar-refractivity contribution is 7.17. The molecule has 0 aliphatic heterocycles. The van der Waals surface area contributed by atoms with Crippen LogP contribution in [0.15, 0.2) is 36.1 Å². The van der Waals surface area contributed by atoms with E-state index in [1.54, 1.807) is 29.8 Å². The van der Waals surface area contributed by atoms with E-state index in [4.69, 9.17) is 16.3 Å². The van der Waals surface area contributed by atoms with Crippen molar-refractivity contribution < 1.29 is 14.6 Å². The molecule has 1 aliphatic rings. The number of ether oxygens (including phenoxy) is 1. The molecular weight excluding hydrogens is 386 g/mol. The number of aliphatic hydroxyl groups is 1. The highest BCUT2D eigenvalue weighted by Gasteiger charge is 2.22. The molecule has 0 saturated heterocycles. The van der Waals surface area contributed by atoms with Crippen LogP contribution in [0.5, 0.6) is 5.75 Å². The van der Waals surface area contributed by atoms with Gasteiger partial charge in [-0.15, -0.1) is 11.3 Å². The average molecular weight is 404 g/mol. The first kappa shape index (κ1) is 18.2. The predicted octanol–water partition coefficient (Wildman–Crippen LogP) is 4.28. The second-order valence-electron chi connectivity index (χ2n) is 6.53. The summed E-state index contributed by atoms with van der Waals surface area (Å²) in [5.74, 6) is 0.300. The van der Waals surface area contributed by atoms with E-state index >= 15 is 0 Å². The number of halogens is 1. The van der Waals surface area contributed by atoms with E-state index in [2.05, 4.69) is 15.3 Å². The summed E-state index contributed by atoms with van der Waals surface area (Å²) in [6.07, 6.45) is 5.89. The summed E-state index contributed by atoms with van der Waals surface area (Å²) in [7, 11) is 0. The summed E-state index contributed by atoms with van der Waals surface area (Å²) in [5, 5.41) is 14.8. The molecule has 0 radical (unpaired) electrons. The van der Waals surface area contributed by atoms with E-state index in [-0.39, 0.29) is 18.1 Å². The number of carbonyl (C=O) groups is 1. The van der Waals surface area contributed by atoms with Crippen LogP contribution in [0.4, 0.5) is 5.69 Å². The first-order chi connectivity index (χ1) is 13.1. The number of hydrogen-bond acceptors (Lipinski definition) is 6. The molecule has 1 aliphatic carbocycles. The summed E-state index contributed by atoms with van der Waals surface area (Å²) in [6, 6.07) is 5.17. The highest BCUT2D eigenvalue weighted by atomic mass is 35.5. The van der Waals surface area contributed by atoms with E-state index in [1.165, 1.54) is 17.7 Å². The second-order valence-corrected chi connectivity index (χ2v) is 7.88. The topological polar surface area (TPSA) is 84.3 Å². The summed E-state index contributed by atoms with van der Waals surface area (Å²) in [4.78, 5) is 21.0. The maximum atomic E-state index is 12.8. The van der Waals surface area contributed by atoms with Crippen LogP contribution in [0.3, 0.4) is 0 Å². The van der Waals surface area contributed by atoms with Crippen LogP contribution >= 0.6 is 22.9 Å². The second kappa shape index (κ2) is 7.80. The van der Waals surface area contributed by atoms with E-state index in [9.17, 15) is 9.90 Å². The number of carbonyl (C=O) groups excluding carboxylic acids is 1. The third-order valence-electron chi connectivity index (χ3n) is 4.61. The lowest BCUT2D eigenvalue weighted by molar-refractivity contribution is 0.0669. The van der Waals surface area contributed by atoms with Crippen LogP contribution in [0, 0.1) is 0 Å². The quantitative estimate of drug-likeness (QED) is 0.679. The fourth-order valence-corrected chi connectivity index (χ4v) is 4.21. The van der Waals surface area contributed by atoms with Gasteiger partial charge in [0.1, 0.15) is 12.1 Å². The zero-order valence-electron chi connectivity index (χ0n) is 14.4. The summed E-state index contributed by atoms with van der Waals surface area (Å²) in [6.45, 7) is 0. The Morgan fingerprint density at radius 3 is 2.93 bits per heavy atom. The molecule has 0 atom stereocenters. The van der Waals surface area contributed by atoms with Gasteiger partial charge in [-0.2, -0.15) is 0 Å². The number of hydrogen-bond donors (Lipinski definition) is 2. The summed E-state index contributed by atoms with van der Waals surface area (Å²) in [5.41, 5.74) is 1.63. The Balaban J connectivity index is 1.56. The van der Waals surface area contributed by atoms with Crippen LogP contribution in [0.25, 0.3) is 10.2 Å². The van der Waals surface area contributed by atoms with Gasteiger partial charge < -0.3 is 15.2 Å². The first-order valence-corrected chi connectivity index (χ1v) is 9.99. The standard InChI is InChI=1S/C19H18ClN3O3S/c20-11-1-6-16(26-13-4-2-12(24)3-5-13)15(7-11)23-19(25)14-9-27-17-8-21-10-22-18(14)17/h1,6-10,12-13,24H,2-5H2,(H,23,25)/t12-,13-. The number of rotatable bonds is 4. The number of nitrogens with one attached hydrogen (secondary N) is 1. The number of fused-ring (bicyclic) bond motifs is 1. The largest absolute Gasteiger partial charge is 0.488 e. The molecule has 2 N–H and O–H groups in total. The minimum atomic E-state index is -0.272. The van der Waals surface area contributed by atoms with Gasteiger partial charge in [-0.25, -0.2) is 9.97 Å². The Morgan fingerprint density at radius 2 is 2.11 bits per heavy atom. The van der Waals surface area contributed by atoms with Crippen molar-refractivity contribution in [2.24, 2.45) is 0 Å². The molecule has 8 heteroatoms. The number of amides is 1. The molecule has 2 aromatic heterocycles. The van der Waals surface area contributed by atoms with Crippen LogP contribution in [0.1, 0.15) is 36.0 Å². The van der Waals surface area contributed by atoms with Gasteiger partial charge in [-0.3, -0.25) is 4.79 Å². The van der Waals surface area contributed by atoms with Gasteiger partial charge in [-0.1, -0.05) is 11.6 Å². The van der Waals surface area contributed by atoms with Crippen LogP contribution in [0.2, 0.25) is 5.02 Å². The van der Waals surface area contributed by atoms with Crippen molar-refractivity contribution in [1.29, 1.82) is 0 Å². The van der Waals surface area contributed by atoms with Crippen molar-refractivity contribution in [3.63, 3.8) is 0 Å². The fourth-order valence-electron chi connectivity index (χ4n) is 3.18. The number of aromatic nitrogens is 2. The van der Waals surface area contributed by atoms with Crippen molar-refractivity contribution in [3.05, 3.63) is 46.7 Å². The Bertz CT molecular complexity index is 970. The predicted molar refractivity (Wildman–Crippen MR) is 106 cm³/mol. The molecule has 0 spiro atoms. The van der Waals surface area contributed by atoms with Crippen molar-refractivity contribution >= 4 is 44.7 Å². The molecule has 1 saturated carbocycles. The molecule has 0 bridgehead atoms. The van der Waals surface area contributed by atoms with Crippen molar-refractivity contribution in [1.82, 2.24) is 9.97 Å². The van der Waals surface area contributed by atoms with Crippen LogP contribution in [-0.2, 0) is 0 Å². The zero-order chi connectivity index (χ0) is 18.8. The lowest BCUT2D eigenvalue weighted by Gasteiger charge is -2.27. The number of thiophene rings is 1. The summed E-state index contributed by atoms with van der Waals surface area (Å²) >= 11 is 7.55. The number of benzene rings is 1. The van der Waals surface area contributed by atoms with E-state index in [1.807, 2.05) is 0 Å². The molecular formula is C19H18ClN3O3S. The minimum Gasteiger partial charge on any atom is -0.488 e. The van der Waals surface area contributed by atoms with Gasteiger partial charge in [0.2, 0.25) is 0 Å². The fraction of sp³-hybridized carbons (Fsp3) is 0.316. The molecule has 3 aromatic rings. The Kier molecular flexibility index (Phi) is 5.24. The molecule has 6 nitrogen and oxygen atoms in total. The van der Waals surface area contributed by atoms with Gasteiger partial charge >= 0.3 is 0 Å². The number of nitrogens with zero attached hydrogens (tertiary/aromatic N) is 2. The highest BCUT2D eigenvalue weighted by Crippen LogP contribution is 2.33. The zero-order valence-corrected chi connectivity index (χ0v) is 16.0. The maximum Gasteiger partial charge on any atom is 0.258 e. The van der Waals surface area contributed by atoms with Gasteiger partial charge in [-0.05, 0) is 43.9 Å². The SMILES string of the molecule is O=C(Nc1cc(Cl)ccc1O[C@H]1CC[C@H](O)CC1)c1csc2cncnc12. The molecule has 27 heavy (non-hydrogen) atoms. The molecule has 2 heterocycles. The number of anilines is 1. The summed E-state index contributed by atoms with van der Waals surface area (Å²) < 4.78 is 6.94. The van der Waals surface area contributed by atoms with Crippen LogP contribution < -0.4 is 10.1 Å².